The zero-order valence-electron chi connectivity index (χ0n) is 17.8. The fourth-order valence-electron chi connectivity index (χ4n) is 4.04. The second-order valence-electron chi connectivity index (χ2n) is 8.35. The van der Waals surface area contributed by atoms with E-state index in [-0.39, 0.29) is 23.9 Å². The summed E-state index contributed by atoms with van der Waals surface area (Å²) in [5.74, 6) is -0.829. The summed E-state index contributed by atoms with van der Waals surface area (Å²) in [7, 11) is 0. The highest BCUT2D eigenvalue weighted by Gasteiger charge is 2.34. The summed E-state index contributed by atoms with van der Waals surface area (Å²) in [4.78, 5) is 56.7. The quantitative estimate of drug-likeness (QED) is 0.637. The topological polar surface area (TPSA) is 106 Å². The highest BCUT2D eigenvalue weighted by molar-refractivity contribution is 6.35. The molecule has 2 saturated heterocycles. The minimum absolute atomic E-state index is 0.0244. The standard InChI is InChI=1S/C21H29N5O5/c1-15(23-6-8-26(9-7-23)21(30)18(27)22-16-4-5-16)19(28)24-10-12-25(13-11-24)20(29)17-3-2-14-31-17/h2-3,14-16H,4-13H2,1H3,(H,22,27). The van der Waals surface area contributed by atoms with Crippen molar-refractivity contribution < 1.29 is 23.6 Å². The van der Waals surface area contributed by atoms with E-state index in [1.165, 1.54) is 6.26 Å². The van der Waals surface area contributed by atoms with E-state index in [9.17, 15) is 19.2 Å². The minimum Gasteiger partial charge on any atom is -0.459 e. The molecule has 3 fully saturated rings. The molecule has 3 heterocycles. The lowest BCUT2D eigenvalue weighted by molar-refractivity contribution is -0.148. The number of carbonyl (C=O) groups excluding carboxylic acids is 4. The van der Waals surface area contributed by atoms with Crippen LogP contribution < -0.4 is 5.32 Å². The van der Waals surface area contributed by atoms with Crippen LogP contribution in [0.1, 0.15) is 30.3 Å². The number of hydrogen-bond donors (Lipinski definition) is 1. The third kappa shape index (κ3) is 4.90. The van der Waals surface area contributed by atoms with E-state index in [1.807, 2.05) is 11.8 Å². The predicted octanol–water partition coefficient (Wildman–Crippen LogP) is -0.625. The maximum absolute atomic E-state index is 13.0. The SMILES string of the molecule is CC(C(=O)N1CCN(C(=O)c2ccco2)CC1)N1CCN(C(=O)C(=O)NC2CC2)CC1. The molecule has 10 heteroatoms. The molecule has 0 aromatic carbocycles. The molecule has 31 heavy (non-hydrogen) atoms. The molecule has 0 radical (unpaired) electrons. The molecule has 1 atom stereocenters. The Morgan fingerprint density at radius 1 is 0.935 bits per heavy atom. The molecule has 2 aliphatic heterocycles. The zero-order chi connectivity index (χ0) is 22.0. The van der Waals surface area contributed by atoms with Crippen molar-refractivity contribution >= 4 is 23.6 Å². The molecule has 3 aliphatic rings. The van der Waals surface area contributed by atoms with E-state index >= 15 is 0 Å². The van der Waals surface area contributed by atoms with Crippen LogP contribution in [0.2, 0.25) is 0 Å². The Hall–Kier alpha value is -2.88. The van der Waals surface area contributed by atoms with E-state index < -0.39 is 11.8 Å². The van der Waals surface area contributed by atoms with Crippen LogP contribution in [0.5, 0.6) is 0 Å². The molecule has 0 spiro atoms. The van der Waals surface area contributed by atoms with E-state index in [0.717, 1.165) is 12.8 Å². The van der Waals surface area contributed by atoms with Crippen LogP contribution in [-0.4, -0.2) is 108 Å². The van der Waals surface area contributed by atoms with Gasteiger partial charge in [0.15, 0.2) is 5.76 Å². The van der Waals surface area contributed by atoms with Crippen LogP contribution in [0, 0.1) is 0 Å². The van der Waals surface area contributed by atoms with Gasteiger partial charge >= 0.3 is 11.8 Å². The first-order chi connectivity index (χ1) is 14.9. The van der Waals surface area contributed by atoms with Gasteiger partial charge in [-0.05, 0) is 31.9 Å². The first-order valence-electron chi connectivity index (χ1n) is 10.9. The van der Waals surface area contributed by atoms with Crippen molar-refractivity contribution in [2.24, 2.45) is 0 Å². The molecule has 1 saturated carbocycles. The van der Waals surface area contributed by atoms with E-state index in [4.69, 9.17) is 4.42 Å². The molecular formula is C21H29N5O5. The maximum atomic E-state index is 13.0. The summed E-state index contributed by atoms with van der Waals surface area (Å²) in [6.45, 7) is 5.73. The number of carbonyl (C=O) groups is 4. The number of nitrogens with one attached hydrogen (secondary N) is 1. The van der Waals surface area contributed by atoms with Gasteiger partial charge in [0.1, 0.15) is 0 Å². The molecule has 1 aliphatic carbocycles. The number of piperazine rings is 2. The van der Waals surface area contributed by atoms with Crippen molar-refractivity contribution in [1.82, 2.24) is 24.9 Å². The Kier molecular flexibility index (Phi) is 6.26. The van der Waals surface area contributed by atoms with Crippen molar-refractivity contribution in [2.75, 3.05) is 52.4 Å². The monoisotopic (exact) mass is 431 g/mol. The Morgan fingerprint density at radius 2 is 1.55 bits per heavy atom. The fraction of sp³-hybridized carbons (Fsp3) is 0.619. The molecule has 1 aromatic rings. The van der Waals surface area contributed by atoms with Gasteiger partial charge in [-0.25, -0.2) is 0 Å². The summed E-state index contributed by atoms with van der Waals surface area (Å²) < 4.78 is 5.17. The van der Waals surface area contributed by atoms with Gasteiger partial charge in [0.2, 0.25) is 5.91 Å². The summed E-state index contributed by atoms with van der Waals surface area (Å²) >= 11 is 0. The fourth-order valence-corrected chi connectivity index (χ4v) is 4.04. The van der Waals surface area contributed by atoms with Gasteiger partial charge < -0.3 is 24.4 Å². The van der Waals surface area contributed by atoms with E-state index in [0.29, 0.717) is 58.1 Å². The summed E-state index contributed by atoms with van der Waals surface area (Å²) in [5.41, 5.74) is 0. The molecule has 1 N–H and O–H groups in total. The van der Waals surface area contributed by atoms with Gasteiger partial charge in [0.05, 0.1) is 12.3 Å². The van der Waals surface area contributed by atoms with Gasteiger partial charge in [-0.3, -0.25) is 24.1 Å². The molecule has 4 rings (SSSR count). The van der Waals surface area contributed by atoms with Gasteiger partial charge in [0, 0.05) is 58.4 Å². The second-order valence-corrected chi connectivity index (χ2v) is 8.35. The summed E-state index contributed by atoms with van der Waals surface area (Å²) in [5, 5.41) is 2.73. The zero-order valence-corrected chi connectivity index (χ0v) is 17.8. The van der Waals surface area contributed by atoms with Crippen LogP contribution in [0.3, 0.4) is 0 Å². The average molecular weight is 431 g/mol. The lowest BCUT2D eigenvalue weighted by Gasteiger charge is -2.40. The van der Waals surface area contributed by atoms with Crippen molar-refractivity contribution in [3.63, 3.8) is 0 Å². The molecule has 4 amide bonds. The average Bonchev–Trinajstić information content (AvgIpc) is 3.45. The van der Waals surface area contributed by atoms with Crippen LogP contribution in [-0.2, 0) is 14.4 Å². The second kappa shape index (κ2) is 9.09. The van der Waals surface area contributed by atoms with Crippen molar-refractivity contribution in [3.8, 4) is 0 Å². The molecule has 10 nitrogen and oxygen atoms in total. The lowest BCUT2D eigenvalue weighted by Crippen LogP contribution is -2.59. The first kappa shape index (κ1) is 21.4. The number of rotatable bonds is 4. The number of furan rings is 1. The van der Waals surface area contributed by atoms with Crippen molar-refractivity contribution in [3.05, 3.63) is 24.2 Å². The third-order valence-electron chi connectivity index (χ3n) is 6.22. The minimum atomic E-state index is -0.526. The van der Waals surface area contributed by atoms with Crippen LogP contribution in [0.15, 0.2) is 22.8 Å². The number of hydrogen-bond acceptors (Lipinski definition) is 6. The predicted molar refractivity (Wildman–Crippen MR) is 110 cm³/mol. The van der Waals surface area contributed by atoms with Crippen molar-refractivity contribution in [2.45, 2.75) is 31.8 Å². The molecule has 168 valence electrons. The number of amides is 4. The van der Waals surface area contributed by atoms with Gasteiger partial charge in [-0.15, -0.1) is 0 Å². The van der Waals surface area contributed by atoms with E-state index in [1.54, 1.807) is 26.8 Å². The first-order valence-corrected chi connectivity index (χ1v) is 10.9. The molecule has 1 aromatic heterocycles. The summed E-state index contributed by atoms with van der Waals surface area (Å²) in [6.07, 6.45) is 3.36. The Balaban J connectivity index is 1.22. The van der Waals surface area contributed by atoms with Crippen molar-refractivity contribution in [1.29, 1.82) is 0 Å². The van der Waals surface area contributed by atoms with Crippen LogP contribution in [0.25, 0.3) is 0 Å². The summed E-state index contributed by atoms with van der Waals surface area (Å²) in [6, 6.07) is 3.17. The van der Waals surface area contributed by atoms with E-state index in [2.05, 4.69) is 5.32 Å². The van der Waals surface area contributed by atoms with Gasteiger partial charge in [0.25, 0.3) is 5.91 Å². The maximum Gasteiger partial charge on any atom is 0.311 e. The van der Waals surface area contributed by atoms with Crippen LogP contribution >= 0.6 is 0 Å². The Labute approximate surface area is 181 Å². The Morgan fingerprint density at radius 3 is 2.13 bits per heavy atom. The molecular weight excluding hydrogens is 402 g/mol. The van der Waals surface area contributed by atoms with Gasteiger partial charge in [-0.1, -0.05) is 0 Å². The molecule has 1 unspecified atom stereocenters. The van der Waals surface area contributed by atoms with Crippen LogP contribution in [0.4, 0.5) is 0 Å². The number of nitrogens with zero attached hydrogens (tertiary/aromatic N) is 4. The van der Waals surface area contributed by atoms with Gasteiger partial charge in [-0.2, -0.15) is 0 Å². The molecule has 0 bridgehead atoms. The third-order valence-corrected chi connectivity index (χ3v) is 6.22. The highest BCUT2D eigenvalue weighted by atomic mass is 16.3. The smallest absolute Gasteiger partial charge is 0.311 e. The lowest BCUT2D eigenvalue weighted by atomic mass is 10.1. The largest absolute Gasteiger partial charge is 0.459 e. The Bertz CT molecular complexity index is 821. The normalized spacial score (nSPS) is 21.0. The highest BCUT2D eigenvalue weighted by Crippen LogP contribution is 2.19.